The van der Waals surface area contributed by atoms with Gasteiger partial charge in [0.05, 0.1) is 0 Å². The standard InChI is InChI=1S/C20H26N4O3S/c1-2-24-19(26)18-17(14-10-7-8-11-15(14)21-18)22-20(24)28-13-9-5-3-4-6-12-16(25)23-27/h7-8,10-11,21,27H,2-6,9,12-13H2,1H3,(H,23,25). The molecule has 0 saturated carbocycles. The van der Waals surface area contributed by atoms with Gasteiger partial charge in [-0.05, 0) is 25.8 Å². The van der Waals surface area contributed by atoms with Gasteiger partial charge < -0.3 is 4.98 Å². The third-order valence-electron chi connectivity index (χ3n) is 4.80. The number of carbonyl (C=O) groups is 1. The monoisotopic (exact) mass is 402 g/mol. The van der Waals surface area contributed by atoms with Gasteiger partial charge in [-0.1, -0.05) is 49.2 Å². The highest BCUT2D eigenvalue weighted by Crippen LogP contribution is 2.25. The van der Waals surface area contributed by atoms with E-state index >= 15 is 0 Å². The summed E-state index contributed by atoms with van der Waals surface area (Å²) >= 11 is 1.63. The minimum Gasteiger partial charge on any atom is -0.349 e. The first-order valence-corrected chi connectivity index (χ1v) is 10.7. The normalized spacial score (nSPS) is 11.4. The zero-order valence-electron chi connectivity index (χ0n) is 16.0. The van der Waals surface area contributed by atoms with Crippen LogP contribution >= 0.6 is 11.8 Å². The molecular formula is C20H26N4O3S. The average molecular weight is 403 g/mol. The second-order valence-electron chi connectivity index (χ2n) is 6.74. The van der Waals surface area contributed by atoms with Crippen LogP contribution < -0.4 is 11.0 Å². The highest BCUT2D eigenvalue weighted by Gasteiger charge is 2.14. The first-order chi connectivity index (χ1) is 13.7. The summed E-state index contributed by atoms with van der Waals surface area (Å²) in [5, 5.41) is 10.2. The second kappa shape index (κ2) is 9.75. The lowest BCUT2D eigenvalue weighted by Crippen LogP contribution is -2.22. The van der Waals surface area contributed by atoms with E-state index < -0.39 is 0 Å². The van der Waals surface area contributed by atoms with Crippen LogP contribution in [0.2, 0.25) is 0 Å². The number of para-hydroxylation sites is 1. The SMILES string of the molecule is CCn1c(SCCCCCCCC(=O)NO)nc2c([nH]c3ccccc32)c1=O. The Morgan fingerprint density at radius 1 is 1.21 bits per heavy atom. The number of aromatic nitrogens is 3. The van der Waals surface area contributed by atoms with Crippen LogP contribution in [0.1, 0.15) is 45.4 Å². The van der Waals surface area contributed by atoms with E-state index in [9.17, 15) is 9.59 Å². The van der Waals surface area contributed by atoms with Crippen molar-refractivity contribution in [1.82, 2.24) is 20.0 Å². The number of unbranched alkanes of at least 4 members (excludes halogenated alkanes) is 4. The molecule has 3 rings (SSSR count). The van der Waals surface area contributed by atoms with E-state index in [1.807, 2.05) is 31.2 Å². The summed E-state index contributed by atoms with van der Waals surface area (Å²) in [7, 11) is 0. The molecule has 3 aromatic rings. The number of nitrogens with zero attached hydrogens (tertiary/aromatic N) is 2. The third kappa shape index (κ3) is 4.56. The van der Waals surface area contributed by atoms with Gasteiger partial charge in [0.2, 0.25) is 5.91 Å². The number of carbonyl (C=O) groups excluding carboxylic acids is 1. The van der Waals surface area contributed by atoms with Crippen LogP contribution in [0, 0.1) is 0 Å². The number of rotatable bonds is 10. The van der Waals surface area contributed by atoms with E-state index in [-0.39, 0.29) is 11.5 Å². The van der Waals surface area contributed by atoms with Gasteiger partial charge in [0.1, 0.15) is 11.0 Å². The van der Waals surface area contributed by atoms with Crippen LogP contribution in [0.15, 0.2) is 34.2 Å². The molecule has 2 aromatic heterocycles. The molecular weight excluding hydrogens is 376 g/mol. The summed E-state index contributed by atoms with van der Waals surface area (Å²) in [6.07, 6.45) is 5.27. The van der Waals surface area contributed by atoms with Crippen molar-refractivity contribution in [3.05, 3.63) is 34.6 Å². The van der Waals surface area contributed by atoms with Crippen LogP contribution in [-0.4, -0.2) is 31.4 Å². The third-order valence-corrected chi connectivity index (χ3v) is 5.86. The summed E-state index contributed by atoms with van der Waals surface area (Å²) < 4.78 is 1.73. The van der Waals surface area contributed by atoms with E-state index in [4.69, 9.17) is 10.2 Å². The zero-order valence-corrected chi connectivity index (χ0v) is 16.8. The molecule has 0 radical (unpaired) electrons. The number of amides is 1. The van der Waals surface area contributed by atoms with E-state index in [2.05, 4.69) is 4.98 Å². The quantitative estimate of drug-likeness (QED) is 0.157. The summed E-state index contributed by atoms with van der Waals surface area (Å²) in [4.78, 5) is 31.8. The molecule has 0 aliphatic rings. The fourth-order valence-electron chi connectivity index (χ4n) is 3.30. The highest BCUT2D eigenvalue weighted by atomic mass is 32.2. The van der Waals surface area contributed by atoms with Crippen molar-refractivity contribution < 1.29 is 10.0 Å². The smallest absolute Gasteiger partial charge is 0.278 e. The number of fused-ring (bicyclic) bond motifs is 3. The molecule has 28 heavy (non-hydrogen) atoms. The number of H-pyrrole nitrogens is 1. The number of hydrogen-bond acceptors (Lipinski definition) is 5. The molecule has 150 valence electrons. The minimum atomic E-state index is -0.327. The van der Waals surface area contributed by atoms with Gasteiger partial charge in [-0.2, -0.15) is 0 Å². The summed E-state index contributed by atoms with van der Waals surface area (Å²) in [6, 6.07) is 7.85. The Bertz CT molecular complexity index is 1010. The number of benzene rings is 1. The maximum absolute atomic E-state index is 12.9. The van der Waals surface area contributed by atoms with Crippen molar-refractivity contribution in [2.75, 3.05) is 5.75 Å². The van der Waals surface area contributed by atoms with Gasteiger partial charge in [-0.15, -0.1) is 0 Å². The maximum atomic E-state index is 12.9. The second-order valence-corrected chi connectivity index (χ2v) is 7.80. The molecule has 7 nitrogen and oxygen atoms in total. The lowest BCUT2D eigenvalue weighted by molar-refractivity contribution is -0.129. The van der Waals surface area contributed by atoms with Gasteiger partial charge in [-0.25, -0.2) is 10.5 Å². The Balaban J connectivity index is 1.61. The predicted octanol–water partition coefficient (Wildman–Crippen LogP) is 3.84. The number of thioether (sulfide) groups is 1. The molecule has 1 amide bonds. The molecule has 8 heteroatoms. The molecule has 0 fully saturated rings. The van der Waals surface area contributed by atoms with Crippen molar-refractivity contribution in [3.63, 3.8) is 0 Å². The Morgan fingerprint density at radius 2 is 1.96 bits per heavy atom. The van der Waals surface area contributed by atoms with Gasteiger partial charge in [-0.3, -0.25) is 19.4 Å². The Hall–Kier alpha value is -2.32. The fraction of sp³-hybridized carbons (Fsp3) is 0.450. The van der Waals surface area contributed by atoms with Crippen molar-refractivity contribution in [3.8, 4) is 0 Å². The van der Waals surface area contributed by atoms with Gasteiger partial charge in [0, 0.05) is 29.6 Å². The van der Waals surface area contributed by atoms with E-state index in [1.165, 1.54) is 0 Å². The molecule has 0 spiro atoms. The number of hydrogen-bond donors (Lipinski definition) is 3. The Morgan fingerprint density at radius 3 is 2.75 bits per heavy atom. The number of hydroxylamine groups is 1. The molecule has 0 saturated heterocycles. The van der Waals surface area contributed by atoms with E-state index in [0.29, 0.717) is 18.5 Å². The van der Waals surface area contributed by atoms with Crippen molar-refractivity contribution in [2.45, 2.75) is 57.1 Å². The van der Waals surface area contributed by atoms with Gasteiger partial charge in [0.15, 0.2) is 5.16 Å². The fourth-order valence-corrected chi connectivity index (χ4v) is 4.36. The lowest BCUT2D eigenvalue weighted by Gasteiger charge is -2.09. The van der Waals surface area contributed by atoms with Crippen LogP contribution in [0.4, 0.5) is 0 Å². The van der Waals surface area contributed by atoms with Crippen molar-refractivity contribution >= 4 is 39.6 Å². The van der Waals surface area contributed by atoms with Gasteiger partial charge in [0.25, 0.3) is 5.56 Å². The molecule has 2 heterocycles. The van der Waals surface area contributed by atoms with Crippen molar-refractivity contribution in [1.29, 1.82) is 0 Å². The molecule has 0 atom stereocenters. The van der Waals surface area contributed by atoms with Crippen LogP contribution in [0.3, 0.4) is 0 Å². The van der Waals surface area contributed by atoms with Crippen LogP contribution in [0.25, 0.3) is 21.9 Å². The Kier molecular flexibility index (Phi) is 7.11. The molecule has 3 N–H and O–H groups in total. The molecule has 0 aliphatic heterocycles. The lowest BCUT2D eigenvalue weighted by atomic mass is 10.1. The number of nitrogens with one attached hydrogen (secondary N) is 2. The average Bonchev–Trinajstić information content (AvgIpc) is 3.09. The predicted molar refractivity (Wildman–Crippen MR) is 112 cm³/mol. The Labute approximate surface area is 167 Å². The topological polar surface area (TPSA) is 100 Å². The molecule has 1 aromatic carbocycles. The molecule has 0 aliphatic carbocycles. The molecule has 0 unspecified atom stereocenters. The van der Waals surface area contributed by atoms with E-state index in [1.54, 1.807) is 21.8 Å². The van der Waals surface area contributed by atoms with Crippen LogP contribution in [-0.2, 0) is 11.3 Å². The summed E-state index contributed by atoms with van der Waals surface area (Å²) in [5.41, 5.74) is 3.88. The molecule has 0 bridgehead atoms. The summed E-state index contributed by atoms with van der Waals surface area (Å²) in [6.45, 7) is 2.55. The minimum absolute atomic E-state index is 0.0200. The first-order valence-electron chi connectivity index (χ1n) is 9.72. The largest absolute Gasteiger partial charge is 0.349 e. The highest BCUT2D eigenvalue weighted by molar-refractivity contribution is 7.99. The van der Waals surface area contributed by atoms with Gasteiger partial charge >= 0.3 is 0 Å². The number of aromatic amines is 1. The van der Waals surface area contributed by atoms with Crippen LogP contribution in [0.5, 0.6) is 0 Å². The first kappa shape index (κ1) is 20.4. The zero-order chi connectivity index (χ0) is 19.9. The summed E-state index contributed by atoms with van der Waals surface area (Å²) in [5.74, 6) is 0.573. The van der Waals surface area contributed by atoms with Crippen molar-refractivity contribution in [2.24, 2.45) is 0 Å². The van der Waals surface area contributed by atoms with E-state index in [0.717, 1.165) is 59.4 Å². The maximum Gasteiger partial charge on any atom is 0.278 e.